The lowest BCUT2D eigenvalue weighted by Gasteiger charge is -2.34. The zero-order valence-electron chi connectivity index (χ0n) is 19.0. The summed E-state index contributed by atoms with van der Waals surface area (Å²) in [5.41, 5.74) is 9.03. The third-order valence-corrected chi connectivity index (χ3v) is 6.57. The Hall–Kier alpha value is -3.72. The van der Waals surface area contributed by atoms with Crippen molar-refractivity contribution < 1.29 is 9.18 Å². The number of aromatic amines is 2. The molecule has 176 valence electrons. The van der Waals surface area contributed by atoms with Gasteiger partial charge in [0.2, 0.25) is 5.91 Å². The summed E-state index contributed by atoms with van der Waals surface area (Å²) < 4.78 is 14.4. The minimum atomic E-state index is -0.492. The zero-order chi connectivity index (χ0) is 23.8. The van der Waals surface area contributed by atoms with E-state index in [1.807, 2.05) is 23.1 Å². The van der Waals surface area contributed by atoms with E-state index in [4.69, 9.17) is 5.73 Å². The topological polar surface area (TPSA) is 111 Å². The lowest BCUT2D eigenvalue weighted by atomic mass is 10.1. The first-order valence-corrected chi connectivity index (χ1v) is 11.5. The van der Waals surface area contributed by atoms with Crippen LogP contribution in [0.2, 0.25) is 0 Å². The zero-order valence-corrected chi connectivity index (χ0v) is 19.0. The molecule has 0 spiro atoms. The van der Waals surface area contributed by atoms with Crippen LogP contribution in [-0.4, -0.2) is 63.4 Å². The number of nitrogens with two attached hydrogens (primary N) is 1. The van der Waals surface area contributed by atoms with Gasteiger partial charge in [0.15, 0.2) is 0 Å². The highest BCUT2D eigenvalue weighted by atomic mass is 19.1. The first kappa shape index (κ1) is 22.1. The molecule has 8 nitrogen and oxygen atoms in total. The summed E-state index contributed by atoms with van der Waals surface area (Å²) in [7, 11) is 0. The monoisotopic (exact) mass is 462 g/mol. The molecule has 0 bridgehead atoms. The molecule has 34 heavy (non-hydrogen) atoms. The fraction of sp³-hybridized carbons (Fsp3) is 0.320. The average molecular weight is 463 g/mol. The largest absolute Gasteiger partial charge is 0.397 e. The van der Waals surface area contributed by atoms with Crippen molar-refractivity contribution in [2.45, 2.75) is 19.8 Å². The van der Waals surface area contributed by atoms with Crippen LogP contribution in [0.4, 0.5) is 10.1 Å². The van der Waals surface area contributed by atoms with E-state index in [2.05, 4.69) is 19.9 Å². The summed E-state index contributed by atoms with van der Waals surface area (Å²) in [5.74, 6) is -0.0307. The Morgan fingerprint density at radius 3 is 2.68 bits per heavy atom. The second kappa shape index (κ2) is 8.90. The van der Waals surface area contributed by atoms with Crippen LogP contribution in [0.1, 0.15) is 18.9 Å². The number of nitrogen functional groups attached to an aromatic ring is 1. The molecule has 0 unspecified atom stereocenters. The Bertz CT molecular complexity index is 1430. The highest BCUT2D eigenvalue weighted by Gasteiger charge is 2.19. The van der Waals surface area contributed by atoms with Crippen LogP contribution in [0.25, 0.3) is 33.3 Å². The molecule has 1 saturated heterocycles. The van der Waals surface area contributed by atoms with Crippen molar-refractivity contribution in [2.75, 3.05) is 38.5 Å². The Morgan fingerprint density at radius 1 is 1.12 bits per heavy atom. The second-order valence-electron chi connectivity index (χ2n) is 8.79. The number of hydrogen-bond donors (Lipinski definition) is 3. The van der Waals surface area contributed by atoms with Crippen molar-refractivity contribution in [3.8, 4) is 11.4 Å². The fourth-order valence-electron chi connectivity index (χ4n) is 4.69. The lowest BCUT2D eigenvalue weighted by molar-refractivity contribution is -0.130. The van der Waals surface area contributed by atoms with Gasteiger partial charge in [-0.25, -0.2) is 9.37 Å². The number of carbonyl (C=O) groups excluding carboxylic acids is 1. The average Bonchev–Trinajstić information content (AvgIpc) is 3.22. The molecule has 1 aliphatic heterocycles. The summed E-state index contributed by atoms with van der Waals surface area (Å²) in [4.78, 5) is 38.9. The summed E-state index contributed by atoms with van der Waals surface area (Å²) in [5, 5.41) is 0.183. The quantitative estimate of drug-likeness (QED) is 0.422. The smallest absolute Gasteiger partial charge is 0.261 e. The molecular weight excluding hydrogens is 435 g/mol. The maximum absolute atomic E-state index is 14.4. The number of piperazine rings is 1. The summed E-state index contributed by atoms with van der Waals surface area (Å²) in [6.45, 7) is 5.99. The van der Waals surface area contributed by atoms with Crippen LogP contribution in [0.5, 0.6) is 0 Å². The molecule has 1 aliphatic rings. The Balaban J connectivity index is 1.33. The lowest BCUT2D eigenvalue weighted by Crippen LogP contribution is -2.48. The van der Waals surface area contributed by atoms with Gasteiger partial charge in [-0.15, -0.1) is 0 Å². The van der Waals surface area contributed by atoms with Crippen molar-refractivity contribution in [2.24, 2.45) is 0 Å². The highest BCUT2D eigenvalue weighted by Crippen LogP contribution is 2.30. The van der Waals surface area contributed by atoms with Crippen LogP contribution in [0.3, 0.4) is 0 Å². The van der Waals surface area contributed by atoms with E-state index < -0.39 is 11.4 Å². The van der Waals surface area contributed by atoms with Crippen LogP contribution >= 0.6 is 0 Å². The molecule has 1 amide bonds. The van der Waals surface area contributed by atoms with E-state index >= 15 is 0 Å². The van der Waals surface area contributed by atoms with Gasteiger partial charge in [0.05, 0.1) is 27.6 Å². The van der Waals surface area contributed by atoms with E-state index in [1.165, 1.54) is 12.1 Å². The normalized spacial score (nSPS) is 14.8. The number of halogens is 1. The first-order chi connectivity index (χ1) is 16.4. The molecule has 0 radical (unpaired) electrons. The number of rotatable bonds is 5. The molecule has 1 fully saturated rings. The maximum atomic E-state index is 14.4. The number of aromatic nitrogens is 3. The van der Waals surface area contributed by atoms with E-state index in [0.717, 1.165) is 62.2 Å². The van der Waals surface area contributed by atoms with Crippen molar-refractivity contribution in [1.29, 1.82) is 0 Å². The number of benzene rings is 2. The number of carbonyl (C=O) groups is 1. The van der Waals surface area contributed by atoms with Gasteiger partial charge < -0.3 is 20.6 Å². The Kier molecular flexibility index (Phi) is 5.79. The molecule has 3 heterocycles. The Labute approximate surface area is 195 Å². The van der Waals surface area contributed by atoms with Gasteiger partial charge in [0, 0.05) is 33.1 Å². The van der Waals surface area contributed by atoms with Gasteiger partial charge in [0.25, 0.3) is 5.56 Å². The number of H-pyrrole nitrogens is 2. The molecule has 9 heteroatoms. The van der Waals surface area contributed by atoms with Gasteiger partial charge in [-0.1, -0.05) is 12.1 Å². The first-order valence-electron chi connectivity index (χ1n) is 11.5. The van der Waals surface area contributed by atoms with Crippen molar-refractivity contribution in [1.82, 2.24) is 24.8 Å². The standard InChI is InChI=1S/C25H27FN6O2/c1-15(33)32-12-10-31(11-13-32)9-3-4-16-7-8-18-20(14-16)29-24(28-18)22-23(27)21-17(26)5-2-6-19(21)30-25(22)34/h2,5-8,14H,3-4,9-13H2,1H3,(H,28,29)(H3,27,30,34). The number of hydrogen-bond acceptors (Lipinski definition) is 5. The number of anilines is 1. The molecule has 4 N–H and O–H groups in total. The highest BCUT2D eigenvalue weighted by molar-refractivity contribution is 5.98. The van der Waals surface area contributed by atoms with Crippen LogP contribution < -0.4 is 11.3 Å². The van der Waals surface area contributed by atoms with Crippen LogP contribution in [0, 0.1) is 5.82 Å². The van der Waals surface area contributed by atoms with Crippen molar-refractivity contribution in [3.05, 3.63) is 58.1 Å². The van der Waals surface area contributed by atoms with E-state index in [0.29, 0.717) is 11.3 Å². The molecular formula is C25H27FN6O2. The van der Waals surface area contributed by atoms with Crippen LogP contribution in [-0.2, 0) is 11.2 Å². The maximum Gasteiger partial charge on any atom is 0.261 e. The van der Waals surface area contributed by atoms with E-state index in [-0.39, 0.29) is 22.5 Å². The number of nitrogens with zero attached hydrogens (tertiary/aromatic N) is 3. The molecule has 0 aliphatic carbocycles. The van der Waals surface area contributed by atoms with E-state index in [1.54, 1.807) is 13.0 Å². The van der Waals surface area contributed by atoms with Gasteiger partial charge in [-0.2, -0.15) is 0 Å². The summed E-state index contributed by atoms with van der Waals surface area (Å²) >= 11 is 0. The number of aryl methyl sites for hydroxylation is 1. The Morgan fingerprint density at radius 2 is 1.91 bits per heavy atom. The van der Waals surface area contributed by atoms with Gasteiger partial charge in [0.1, 0.15) is 17.2 Å². The SMILES string of the molecule is CC(=O)N1CCN(CCCc2ccc3[nH]c(-c4c(N)c5c(F)cccc5[nH]c4=O)nc3c2)CC1. The van der Waals surface area contributed by atoms with Crippen molar-refractivity contribution in [3.63, 3.8) is 0 Å². The van der Waals surface area contributed by atoms with Crippen LogP contribution in [0.15, 0.2) is 41.2 Å². The number of amides is 1. The van der Waals surface area contributed by atoms with Gasteiger partial charge >= 0.3 is 0 Å². The molecule has 0 atom stereocenters. The molecule has 5 rings (SSSR count). The van der Waals surface area contributed by atoms with E-state index in [9.17, 15) is 14.0 Å². The number of imidazole rings is 1. The third-order valence-electron chi connectivity index (χ3n) is 6.57. The molecule has 0 saturated carbocycles. The fourth-order valence-corrected chi connectivity index (χ4v) is 4.69. The number of nitrogens with one attached hydrogen (secondary N) is 2. The second-order valence-corrected chi connectivity index (χ2v) is 8.79. The summed E-state index contributed by atoms with van der Waals surface area (Å²) in [6.07, 6.45) is 1.90. The minimum Gasteiger partial charge on any atom is -0.397 e. The molecule has 2 aromatic heterocycles. The predicted octanol–water partition coefficient (Wildman–Crippen LogP) is 2.89. The minimum absolute atomic E-state index is 0.0704. The third kappa shape index (κ3) is 4.14. The molecule has 2 aromatic carbocycles. The number of pyridine rings is 1. The van der Waals surface area contributed by atoms with Crippen molar-refractivity contribution >= 4 is 33.5 Å². The summed E-state index contributed by atoms with van der Waals surface area (Å²) in [6, 6.07) is 10.5. The van der Waals surface area contributed by atoms with Gasteiger partial charge in [-0.05, 0) is 49.2 Å². The predicted molar refractivity (Wildman–Crippen MR) is 131 cm³/mol. The van der Waals surface area contributed by atoms with Gasteiger partial charge in [-0.3, -0.25) is 14.5 Å². The number of fused-ring (bicyclic) bond motifs is 2. The molecule has 4 aromatic rings.